The normalized spacial score (nSPS) is 19.9. The number of ether oxygens (including phenoxy) is 1. The Hall–Kier alpha value is -1.39. The minimum atomic E-state index is -0.399. The molecular weight excluding hydrogens is 240 g/mol. The molecule has 19 heavy (non-hydrogen) atoms. The molecule has 0 fully saturated rings. The van der Waals surface area contributed by atoms with Crippen molar-refractivity contribution in [3.05, 3.63) is 29.8 Å². The van der Waals surface area contributed by atoms with E-state index in [9.17, 15) is 4.79 Å². The van der Waals surface area contributed by atoms with Crippen LogP contribution < -0.4 is 10.2 Å². The minimum Gasteiger partial charge on any atom is -0.372 e. The van der Waals surface area contributed by atoms with Gasteiger partial charge in [-0.2, -0.15) is 0 Å². The average molecular weight is 262 g/mol. The topological polar surface area (TPSA) is 41.6 Å². The zero-order valence-electron chi connectivity index (χ0n) is 11.8. The smallest absolute Gasteiger partial charge is 0.255 e. The first-order valence-corrected chi connectivity index (χ1v) is 6.85. The Morgan fingerprint density at radius 2 is 2.26 bits per heavy atom. The van der Waals surface area contributed by atoms with Gasteiger partial charge >= 0.3 is 0 Å². The molecule has 1 heterocycles. The van der Waals surface area contributed by atoms with Gasteiger partial charge in [-0.3, -0.25) is 4.79 Å². The highest BCUT2D eigenvalue weighted by Gasteiger charge is 2.30. The van der Waals surface area contributed by atoms with Crippen LogP contribution in [0.2, 0.25) is 0 Å². The van der Waals surface area contributed by atoms with Gasteiger partial charge in [0.15, 0.2) is 0 Å². The molecule has 0 aromatic heterocycles. The highest BCUT2D eigenvalue weighted by atomic mass is 16.5. The highest BCUT2D eigenvalue weighted by Crippen LogP contribution is 2.33. The number of fused-ring (bicyclic) bond motifs is 1. The molecule has 4 heteroatoms. The number of nitrogens with zero attached hydrogens (tertiary/aromatic N) is 1. The quantitative estimate of drug-likeness (QED) is 0.903. The number of hydrogen-bond donors (Lipinski definition) is 1. The van der Waals surface area contributed by atoms with Crippen LogP contribution in [0.3, 0.4) is 0 Å². The third-order valence-corrected chi connectivity index (χ3v) is 3.66. The van der Waals surface area contributed by atoms with Crippen molar-refractivity contribution >= 4 is 11.6 Å². The third kappa shape index (κ3) is 2.80. The van der Waals surface area contributed by atoms with Crippen LogP contribution in [-0.2, 0) is 9.53 Å². The maximum absolute atomic E-state index is 12.3. The average Bonchev–Trinajstić information content (AvgIpc) is 2.46. The van der Waals surface area contributed by atoms with E-state index in [0.29, 0.717) is 6.04 Å². The van der Waals surface area contributed by atoms with Crippen LogP contribution in [-0.4, -0.2) is 32.2 Å². The molecule has 0 saturated carbocycles. The Labute approximate surface area is 114 Å². The molecule has 1 N–H and O–H groups in total. The summed E-state index contributed by atoms with van der Waals surface area (Å²) in [5.74, 6) is 0.0323. The van der Waals surface area contributed by atoms with E-state index in [4.69, 9.17) is 4.74 Å². The first-order chi connectivity index (χ1) is 9.19. The van der Waals surface area contributed by atoms with Gasteiger partial charge in [-0.15, -0.1) is 0 Å². The maximum Gasteiger partial charge on any atom is 0.255 e. The molecule has 1 aromatic rings. The minimum absolute atomic E-state index is 0.0323. The molecule has 2 unspecified atom stereocenters. The van der Waals surface area contributed by atoms with Gasteiger partial charge in [-0.1, -0.05) is 25.1 Å². The number of methoxy groups -OCH3 is 1. The van der Waals surface area contributed by atoms with Gasteiger partial charge in [-0.25, -0.2) is 0 Å². The van der Waals surface area contributed by atoms with Crippen molar-refractivity contribution in [3.8, 4) is 0 Å². The summed E-state index contributed by atoms with van der Waals surface area (Å²) in [5.41, 5.74) is 2.21. The first-order valence-electron chi connectivity index (χ1n) is 6.85. The number of carbonyl (C=O) groups excluding carboxylic acids is 1. The van der Waals surface area contributed by atoms with Crippen LogP contribution in [0.25, 0.3) is 0 Å². The highest BCUT2D eigenvalue weighted by molar-refractivity contribution is 5.97. The molecule has 0 spiro atoms. The fourth-order valence-corrected chi connectivity index (χ4v) is 2.57. The number of amides is 1. The summed E-state index contributed by atoms with van der Waals surface area (Å²) < 4.78 is 5.15. The number of para-hydroxylation sites is 1. The summed E-state index contributed by atoms with van der Waals surface area (Å²) in [6, 6.07) is 8.45. The van der Waals surface area contributed by atoms with Crippen LogP contribution in [0.1, 0.15) is 31.9 Å². The molecule has 2 atom stereocenters. The van der Waals surface area contributed by atoms with Gasteiger partial charge in [-0.05, 0) is 31.5 Å². The van der Waals surface area contributed by atoms with Gasteiger partial charge in [0.05, 0.1) is 0 Å². The lowest BCUT2D eigenvalue weighted by molar-refractivity contribution is -0.127. The zero-order chi connectivity index (χ0) is 13.8. The van der Waals surface area contributed by atoms with Gasteiger partial charge in [0.25, 0.3) is 5.91 Å². The number of benzene rings is 1. The van der Waals surface area contributed by atoms with E-state index in [1.807, 2.05) is 23.1 Å². The maximum atomic E-state index is 12.3. The number of nitrogens with one attached hydrogen (secondary N) is 1. The summed E-state index contributed by atoms with van der Waals surface area (Å²) in [6.07, 6.45) is 0.538. The summed E-state index contributed by atoms with van der Waals surface area (Å²) >= 11 is 0. The molecule has 1 aliphatic heterocycles. The lowest BCUT2D eigenvalue weighted by Crippen LogP contribution is -2.44. The van der Waals surface area contributed by atoms with Gasteiger partial charge in [0, 0.05) is 25.4 Å². The lowest BCUT2D eigenvalue weighted by atomic mass is 9.96. The van der Waals surface area contributed by atoms with E-state index < -0.39 is 6.10 Å². The third-order valence-electron chi connectivity index (χ3n) is 3.66. The van der Waals surface area contributed by atoms with Gasteiger partial charge in [0.1, 0.15) is 6.10 Å². The summed E-state index contributed by atoms with van der Waals surface area (Å²) in [7, 11) is 1.57. The monoisotopic (exact) mass is 262 g/mol. The molecule has 4 nitrogen and oxygen atoms in total. The molecule has 0 saturated heterocycles. The molecule has 1 aliphatic rings. The summed E-state index contributed by atoms with van der Waals surface area (Å²) in [6.45, 7) is 5.57. The van der Waals surface area contributed by atoms with Crippen molar-refractivity contribution < 1.29 is 9.53 Å². The zero-order valence-corrected chi connectivity index (χ0v) is 11.8. The second-order valence-corrected chi connectivity index (χ2v) is 4.83. The predicted octanol–water partition coefficient (Wildman–Crippen LogP) is 2.11. The van der Waals surface area contributed by atoms with Crippen LogP contribution in [0, 0.1) is 0 Å². The first kappa shape index (κ1) is 14.0. The molecule has 0 radical (unpaired) electrons. The fraction of sp³-hybridized carbons (Fsp3) is 0.533. The van der Waals surface area contributed by atoms with Crippen LogP contribution >= 0.6 is 0 Å². The molecular formula is C15H22N2O2. The second-order valence-electron chi connectivity index (χ2n) is 4.83. The molecule has 2 rings (SSSR count). The fourth-order valence-electron chi connectivity index (χ4n) is 2.57. The number of hydrogen-bond acceptors (Lipinski definition) is 3. The SMILES string of the molecule is CCNC1CCN(C(=O)C(C)OC)c2ccccc21. The standard InChI is InChI=1S/C15H22N2O2/c1-4-16-13-9-10-17(15(18)11(2)19-3)14-8-6-5-7-12(13)14/h5-8,11,13,16H,4,9-10H2,1-3H3. The molecule has 0 bridgehead atoms. The van der Waals surface area contributed by atoms with Crippen LogP contribution in [0.4, 0.5) is 5.69 Å². The van der Waals surface area contributed by atoms with E-state index in [1.54, 1.807) is 14.0 Å². The second kappa shape index (κ2) is 6.17. The van der Waals surface area contributed by atoms with E-state index in [1.165, 1.54) is 5.56 Å². The van der Waals surface area contributed by atoms with Crippen LogP contribution in [0.15, 0.2) is 24.3 Å². The molecule has 104 valence electrons. The van der Waals surface area contributed by atoms with Gasteiger partial charge in [0.2, 0.25) is 0 Å². The van der Waals surface area contributed by atoms with E-state index in [0.717, 1.165) is 25.2 Å². The molecule has 1 aromatic carbocycles. The summed E-state index contributed by atoms with van der Waals surface area (Å²) in [4.78, 5) is 14.2. The lowest BCUT2D eigenvalue weighted by Gasteiger charge is -2.35. The van der Waals surface area contributed by atoms with Crippen molar-refractivity contribution in [3.63, 3.8) is 0 Å². The van der Waals surface area contributed by atoms with E-state index in [-0.39, 0.29) is 5.91 Å². The number of anilines is 1. The Morgan fingerprint density at radius 3 is 2.95 bits per heavy atom. The van der Waals surface area contributed by atoms with Gasteiger partial charge < -0.3 is 15.0 Å². The van der Waals surface area contributed by atoms with E-state index >= 15 is 0 Å². The summed E-state index contributed by atoms with van der Waals surface area (Å²) in [5, 5.41) is 3.47. The van der Waals surface area contributed by atoms with Crippen molar-refractivity contribution in [1.29, 1.82) is 0 Å². The Morgan fingerprint density at radius 1 is 1.53 bits per heavy atom. The van der Waals surface area contributed by atoms with Crippen molar-refractivity contribution in [2.45, 2.75) is 32.4 Å². The largest absolute Gasteiger partial charge is 0.372 e. The van der Waals surface area contributed by atoms with Crippen molar-refractivity contribution in [2.75, 3.05) is 25.1 Å². The Kier molecular flexibility index (Phi) is 4.56. The molecule has 0 aliphatic carbocycles. The molecule has 1 amide bonds. The van der Waals surface area contributed by atoms with Crippen molar-refractivity contribution in [1.82, 2.24) is 5.32 Å². The number of carbonyl (C=O) groups is 1. The number of rotatable bonds is 4. The predicted molar refractivity (Wildman–Crippen MR) is 76.3 cm³/mol. The Balaban J connectivity index is 2.30. The van der Waals surface area contributed by atoms with Crippen molar-refractivity contribution in [2.24, 2.45) is 0 Å². The van der Waals surface area contributed by atoms with Crippen LogP contribution in [0.5, 0.6) is 0 Å². The Bertz CT molecular complexity index is 448. The van der Waals surface area contributed by atoms with E-state index in [2.05, 4.69) is 18.3 Å².